The van der Waals surface area contributed by atoms with Gasteiger partial charge in [0.25, 0.3) is 0 Å². The van der Waals surface area contributed by atoms with Gasteiger partial charge in [-0.15, -0.1) is 0 Å². The Morgan fingerprint density at radius 1 is 1.50 bits per heavy atom. The molecular weight excluding hydrogens is 327 g/mol. The van der Waals surface area contributed by atoms with E-state index < -0.39 is 16.1 Å². The standard InChI is InChI=1S/C8H9.3CH3.Pt/c1-2-5-8-6-3-4-7-8;;;;/h2-3,6H,1,4-5H2;3*1H3;. The van der Waals surface area contributed by atoms with Crippen molar-refractivity contribution >= 4 is 0 Å². The number of hydrogen-bond donors (Lipinski definition) is 0. The Hall–Kier alpha value is -0.0917. The van der Waals surface area contributed by atoms with Crippen LogP contribution in [0.2, 0.25) is 15.9 Å². The Labute approximate surface area is 79.3 Å². The van der Waals surface area contributed by atoms with Gasteiger partial charge in [-0.05, 0) is 0 Å². The molecule has 0 spiro atoms. The van der Waals surface area contributed by atoms with Crippen LogP contribution in [0.3, 0.4) is 0 Å². The minimum atomic E-state index is -1.47. The van der Waals surface area contributed by atoms with E-state index in [1.54, 1.807) is 9.54 Å². The molecule has 0 radical (unpaired) electrons. The summed E-state index contributed by atoms with van der Waals surface area (Å²) in [6, 6.07) is 0. The fraction of sp³-hybridized carbons (Fsp3) is 0.455. The Balaban J connectivity index is 2.88. The normalized spacial score (nSPS) is 18.6. The molecule has 72 valence electrons. The van der Waals surface area contributed by atoms with Crippen LogP contribution < -0.4 is 0 Å². The number of rotatable bonds is 3. The van der Waals surface area contributed by atoms with Crippen LogP contribution in [0.15, 0.2) is 34.3 Å². The van der Waals surface area contributed by atoms with E-state index >= 15 is 0 Å². The Kier molecular flexibility index (Phi) is 3.12. The van der Waals surface area contributed by atoms with Gasteiger partial charge in [-0.3, -0.25) is 0 Å². The fourth-order valence-electron chi connectivity index (χ4n) is 1.34. The summed E-state index contributed by atoms with van der Waals surface area (Å²) in [5.41, 5.74) is 1.55. The second-order valence-electron chi connectivity index (χ2n) is 3.42. The molecule has 0 unspecified atom stereocenters. The maximum atomic E-state index is 3.79. The van der Waals surface area contributed by atoms with Gasteiger partial charge in [-0.1, -0.05) is 0 Å². The summed E-state index contributed by atoms with van der Waals surface area (Å²) in [7, 11) is 0. The van der Waals surface area contributed by atoms with Crippen molar-refractivity contribution in [1.82, 2.24) is 0 Å². The zero-order valence-electron chi connectivity index (χ0n) is 8.17. The van der Waals surface area contributed by atoms with Gasteiger partial charge in [-0.2, -0.15) is 0 Å². The van der Waals surface area contributed by atoms with E-state index in [0.29, 0.717) is 0 Å². The van der Waals surface area contributed by atoms with Gasteiger partial charge in [0.2, 0.25) is 0 Å². The summed E-state index contributed by atoms with van der Waals surface area (Å²) in [6.07, 6.45) is 8.86. The number of hydrogen-bond acceptors (Lipinski definition) is 0. The van der Waals surface area contributed by atoms with Gasteiger partial charge in [0.1, 0.15) is 0 Å². The van der Waals surface area contributed by atoms with Crippen LogP contribution in [0.5, 0.6) is 0 Å². The molecule has 0 aromatic heterocycles. The van der Waals surface area contributed by atoms with E-state index in [2.05, 4.69) is 34.7 Å². The first kappa shape index (κ1) is 9.99. The van der Waals surface area contributed by atoms with E-state index in [0.717, 1.165) is 6.42 Å². The van der Waals surface area contributed by atoms with Crippen molar-refractivity contribution in [1.29, 1.82) is 0 Å². The van der Waals surface area contributed by atoms with Crippen LogP contribution in [-0.2, 0) is 16.1 Å². The summed E-state index contributed by atoms with van der Waals surface area (Å²) in [5, 5.41) is 7.37. The van der Waals surface area contributed by atoms with E-state index in [-0.39, 0.29) is 0 Å². The molecule has 0 saturated carbocycles. The van der Waals surface area contributed by atoms with E-state index in [1.807, 2.05) is 6.08 Å². The van der Waals surface area contributed by atoms with Crippen molar-refractivity contribution in [2.24, 2.45) is 0 Å². The van der Waals surface area contributed by atoms with Gasteiger partial charge >= 0.3 is 79.2 Å². The molecule has 0 aliphatic heterocycles. The zero-order valence-corrected chi connectivity index (χ0v) is 10.4. The topological polar surface area (TPSA) is 0 Å². The molecule has 0 aromatic rings. The molecule has 1 aliphatic carbocycles. The van der Waals surface area contributed by atoms with Crippen LogP contribution in [0.4, 0.5) is 0 Å². The summed E-state index contributed by atoms with van der Waals surface area (Å²) >= 11 is -1.47. The average Bonchev–Trinajstić information content (AvgIpc) is 2.34. The molecule has 0 nitrogen and oxygen atoms in total. The van der Waals surface area contributed by atoms with Gasteiger partial charge in [0.05, 0.1) is 0 Å². The van der Waals surface area contributed by atoms with Gasteiger partial charge < -0.3 is 0 Å². The van der Waals surface area contributed by atoms with Crippen LogP contribution in [0, 0.1) is 0 Å². The predicted octanol–water partition coefficient (Wildman–Crippen LogP) is 4.07. The van der Waals surface area contributed by atoms with Crippen molar-refractivity contribution in [3.05, 3.63) is 34.3 Å². The molecule has 0 atom stereocenters. The zero-order chi connectivity index (χ0) is 9.19. The van der Waals surface area contributed by atoms with Crippen molar-refractivity contribution < 1.29 is 16.1 Å². The fourth-order valence-corrected chi connectivity index (χ4v) is 5.61. The molecule has 0 heterocycles. The van der Waals surface area contributed by atoms with E-state index in [1.165, 1.54) is 6.42 Å². The van der Waals surface area contributed by atoms with Crippen molar-refractivity contribution in [3.8, 4) is 0 Å². The summed E-state index contributed by atoms with van der Waals surface area (Å²) in [4.78, 5) is 0. The molecule has 1 aliphatic rings. The first-order valence-electron chi connectivity index (χ1n) is 3.91. The average molecular weight is 345 g/mol. The molecule has 0 aromatic carbocycles. The second kappa shape index (κ2) is 3.75. The van der Waals surface area contributed by atoms with Crippen molar-refractivity contribution in [3.63, 3.8) is 0 Å². The van der Waals surface area contributed by atoms with E-state index in [9.17, 15) is 0 Å². The molecule has 12 heavy (non-hydrogen) atoms. The van der Waals surface area contributed by atoms with Crippen LogP contribution in [-0.4, -0.2) is 0 Å². The Morgan fingerprint density at radius 2 is 2.17 bits per heavy atom. The van der Waals surface area contributed by atoms with Crippen molar-refractivity contribution in [2.75, 3.05) is 0 Å². The molecule has 0 N–H and O–H groups in total. The second-order valence-corrected chi connectivity index (χ2v) is 15.0. The van der Waals surface area contributed by atoms with Crippen LogP contribution in [0.1, 0.15) is 12.8 Å². The molecule has 0 bridgehead atoms. The van der Waals surface area contributed by atoms with Gasteiger partial charge in [0, 0.05) is 0 Å². The molecule has 0 fully saturated rings. The minimum absolute atomic E-state index is 1.06. The predicted molar refractivity (Wildman–Crippen MR) is 53.2 cm³/mol. The summed E-state index contributed by atoms with van der Waals surface area (Å²) in [5.74, 6) is 0. The quantitative estimate of drug-likeness (QED) is 0.677. The first-order valence-corrected chi connectivity index (χ1v) is 11.9. The Bertz CT molecular complexity index is 238. The molecular formula is C11H18Pt. The van der Waals surface area contributed by atoms with Gasteiger partial charge in [-0.25, -0.2) is 0 Å². The van der Waals surface area contributed by atoms with E-state index in [4.69, 9.17) is 0 Å². The SMILES string of the molecule is C=CCC1=[C]([Pt]([CH3])([CH3])[CH3])CC=C1. The van der Waals surface area contributed by atoms with Crippen LogP contribution >= 0.6 is 0 Å². The molecule has 1 rings (SSSR count). The van der Waals surface area contributed by atoms with Crippen molar-refractivity contribution in [2.45, 2.75) is 28.8 Å². The van der Waals surface area contributed by atoms with Crippen LogP contribution in [0.25, 0.3) is 0 Å². The number of allylic oxidation sites excluding steroid dienone is 5. The third-order valence-corrected chi connectivity index (χ3v) is 7.18. The third kappa shape index (κ3) is 2.20. The molecule has 0 amide bonds. The molecule has 1 heteroatoms. The third-order valence-electron chi connectivity index (χ3n) is 1.87. The molecule has 0 saturated heterocycles. The maximum absolute atomic E-state index is 3.79. The first-order chi connectivity index (χ1) is 5.55. The monoisotopic (exact) mass is 345 g/mol. The summed E-state index contributed by atoms with van der Waals surface area (Å²) in [6.45, 7) is 3.79. The summed E-state index contributed by atoms with van der Waals surface area (Å²) < 4.78 is 1.75. The Morgan fingerprint density at radius 3 is 2.67 bits per heavy atom. The van der Waals surface area contributed by atoms with Gasteiger partial charge in [0.15, 0.2) is 0 Å².